The van der Waals surface area contributed by atoms with Gasteiger partial charge in [-0.15, -0.1) is 10.2 Å². The van der Waals surface area contributed by atoms with E-state index in [0.29, 0.717) is 19.5 Å². The number of aryl methyl sites for hydroxylation is 1. The van der Waals surface area contributed by atoms with E-state index in [9.17, 15) is 4.79 Å². The van der Waals surface area contributed by atoms with Crippen molar-refractivity contribution in [3.05, 3.63) is 36.3 Å². The lowest BCUT2D eigenvalue weighted by atomic mass is 10.2. The van der Waals surface area contributed by atoms with Crippen molar-refractivity contribution in [1.29, 1.82) is 0 Å². The maximum absolute atomic E-state index is 12.1. The Balaban J connectivity index is 1.46. The van der Waals surface area contributed by atoms with Crippen molar-refractivity contribution in [2.75, 3.05) is 26.2 Å². The predicted molar refractivity (Wildman–Crippen MR) is 115 cm³/mol. The Labute approximate surface area is 177 Å². The van der Waals surface area contributed by atoms with Crippen LogP contribution >= 0.6 is 0 Å². The van der Waals surface area contributed by atoms with E-state index < -0.39 is 0 Å². The summed E-state index contributed by atoms with van der Waals surface area (Å²) >= 11 is 0. The number of carbonyl (C=O) groups excluding carboxylic acids is 1. The van der Waals surface area contributed by atoms with Crippen LogP contribution < -0.4 is 10.6 Å². The van der Waals surface area contributed by atoms with Crippen molar-refractivity contribution in [2.24, 2.45) is 4.99 Å². The van der Waals surface area contributed by atoms with Crippen LogP contribution in [0.5, 0.6) is 0 Å². The van der Waals surface area contributed by atoms with Crippen molar-refractivity contribution in [3.63, 3.8) is 0 Å². The second-order valence-corrected chi connectivity index (χ2v) is 7.44. The zero-order valence-corrected chi connectivity index (χ0v) is 17.8. The molecule has 0 aromatic carbocycles. The highest BCUT2D eigenvalue weighted by atomic mass is 16.3. The topological polar surface area (TPSA) is 101 Å². The molecule has 30 heavy (non-hydrogen) atoms. The van der Waals surface area contributed by atoms with Gasteiger partial charge in [-0.1, -0.05) is 13.3 Å². The minimum absolute atomic E-state index is 0.290. The molecule has 1 saturated heterocycles. The SMILES string of the molecule is CCc1nncn1CCNC(=NCc1ccco1)NCCCN1CCCCCC1=O. The quantitative estimate of drug-likeness (QED) is 0.350. The summed E-state index contributed by atoms with van der Waals surface area (Å²) in [5.41, 5.74) is 0. The highest BCUT2D eigenvalue weighted by Gasteiger charge is 2.15. The molecule has 164 valence electrons. The number of guanidine groups is 1. The Kier molecular flexibility index (Phi) is 8.74. The molecular weight excluding hydrogens is 382 g/mol. The first-order chi connectivity index (χ1) is 14.8. The summed E-state index contributed by atoms with van der Waals surface area (Å²) in [6.07, 6.45) is 9.12. The second kappa shape index (κ2) is 12.0. The summed E-state index contributed by atoms with van der Waals surface area (Å²) in [6.45, 7) is 6.44. The number of carbonyl (C=O) groups is 1. The molecule has 0 saturated carbocycles. The number of hydrogen-bond acceptors (Lipinski definition) is 5. The van der Waals surface area contributed by atoms with Crippen LogP contribution in [0.15, 0.2) is 34.1 Å². The number of aromatic nitrogens is 3. The minimum Gasteiger partial charge on any atom is -0.467 e. The third-order valence-electron chi connectivity index (χ3n) is 5.20. The Morgan fingerprint density at radius 3 is 2.97 bits per heavy atom. The fourth-order valence-electron chi connectivity index (χ4n) is 3.52. The summed E-state index contributed by atoms with van der Waals surface area (Å²) in [6, 6.07) is 3.78. The molecule has 0 aliphatic carbocycles. The molecule has 1 amide bonds. The van der Waals surface area contributed by atoms with Crippen LogP contribution in [0.4, 0.5) is 0 Å². The molecule has 0 spiro atoms. The summed E-state index contributed by atoms with van der Waals surface area (Å²) in [7, 11) is 0. The van der Waals surface area contributed by atoms with Crippen LogP contribution in [0, 0.1) is 0 Å². The van der Waals surface area contributed by atoms with Crippen LogP contribution in [-0.2, 0) is 24.3 Å². The van der Waals surface area contributed by atoms with Gasteiger partial charge in [-0.25, -0.2) is 4.99 Å². The van der Waals surface area contributed by atoms with Gasteiger partial charge in [-0.05, 0) is 31.4 Å². The number of likely N-dealkylation sites (tertiary alicyclic amines) is 1. The molecule has 1 fully saturated rings. The molecule has 2 aromatic heterocycles. The van der Waals surface area contributed by atoms with Crippen molar-refractivity contribution < 1.29 is 9.21 Å². The first kappa shape index (κ1) is 21.9. The Bertz CT molecular complexity index is 785. The van der Waals surface area contributed by atoms with Gasteiger partial charge in [0, 0.05) is 45.6 Å². The van der Waals surface area contributed by atoms with E-state index in [-0.39, 0.29) is 5.91 Å². The molecule has 1 aliphatic rings. The smallest absolute Gasteiger partial charge is 0.222 e. The van der Waals surface area contributed by atoms with E-state index in [1.54, 1.807) is 12.6 Å². The van der Waals surface area contributed by atoms with Gasteiger partial charge in [0.1, 0.15) is 24.5 Å². The second-order valence-electron chi connectivity index (χ2n) is 7.44. The summed E-state index contributed by atoms with van der Waals surface area (Å²) < 4.78 is 7.42. The number of furan rings is 1. The van der Waals surface area contributed by atoms with Gasteiger partial charge in [0.25, 0.3) is 0 Å². The Morgan fingerprint density at radius 2 is 2.13 bits per heavy atom. The largest absolute Gasteiger partial charge is 0.467 e. The Morgan fingerprint density at radius 1 is 1.23 bits per heavy atom. The lowest BCUT2D eigenvalue weighted by Gasteiger charge is -2.21. The lowest BCUT2D eigenvalue weighted by molar-refractivity contribution is -0.130. The van der Waals surface area contributed by atoms with Crippen LogP contribution in [0.1, 0.15) is 50.6 Å². The third-order valence-corrected chi connectivity index (χ3v) is 5.20. The maximum Gasteiger partial charge on any atom is 0.222 e. The zero-order chi connectivity index (χ0) is 21.0. The van der Waals surface area contributed by atoms with Crippen LogP contribution in [0.2, 0.25) is 0 Å². The molecule has 0 atom stereocenters. The molecule has 2 aromatic rings. The molecule has 2 N–H and O–H groups in total. The van der Waals surface area contributed by atoms with Crippen LogP contribution in [0.25, 0.3) is 0 Å². The summed E-state index contributed by atoms with van der Waals surface area (Å²) in [5.74, 6) is 2.82. The summed E-state index contributed by atoms with van der Waals surface area (Å²) in [5, 5.41) is 14.8. The fraction of sp³-hybridized carbons (Fsp3) is 0.619. The van der Waals surface area contributed by atoms with Gasteiger partial charge in [0.2, 0.25) is 5.91 Å². The lowest BCUT2D eigenvalue weighted by Crippen LogP contribution is -2.40. The average molecular weight is 416 g/mol. The van der Waals surface area contributed by atoms with Crippen molar-refractivity contribution >= 4 is 11.9 Å². The van der Waals surface area contributed by atoms with E-state index in [4.69, 9.17) is 4.42 Å². The monoisotopic (exact) mass is 415 g/mol. The van der Waals surface area contributed by atoms with E-state index in [2.05, 4.69) is 32.7 Å². The van der Waals surface area contributed by atoms with E-state index in [0.717, 1.165) is 75.8 Å². The molecule has 9 nitrogen and oxygen atoms in total. The molecule has 9 heteroatoms. The minimum atomic E-state index is 0.290. The van der Waals surface area contributed by atoms with Gasteiger partial charge in [-0.3, -0.25) is 4.79 Å². The Hall–Kier alpha value is -2.84. The van der Waals surface area contributed by atoms with Crippen LogP contribution in [-0.4, -0.2) is 57.7 Å². The van der Waals surface area contributed by atoms with Crippen molar-refractivity contribution in [1.82, 2.24) is 30.3 Å². The number of aliphatic imine (C=N–C) groups is 1. The highest BCUT2D eigenvalue weighted by Crippen LogP contribution is 2.11. The number of amides is 1. The van der Waals surface area contributed by atoms with Gasteiger partial charge in [-0.2, -0.15) is 0 Å². The first-order valence-electron chi connectivity index (χ1n) is 10.9. The molecule has 3 rings (SSSR count). The van der Waals surface area contributed by atoms with Crippen molar-refractivity contribution in [3.8, 4) is 0 Å². The molecule has 0 unspecified atom stereocenters. The highest BCUT2D eigenvalue weighted by molar-refractivity contribution is 5.79. The van der Waals surface area contributed by atoms with Crippen LogP contribution in [0.3, 0.4) is 0 Å². The number of nitrogens with one attached hydrogen (secondary N) is 2. The first-order valence-corrected chi connectivity index (χ1v) is 10.9. The normalized spacial score (nSPS) is 15.3. The fourth-order valence-corrected chi connectivity index (χ4v) is 3.52. The number of rotatable bonds is 10. The third kappa shape index (κ3) is 6.89. The van der Waals surface area contributed by atoms with Gasteiger partial charge >= 0.3 is 0 Å². The van der Waals surface area contributed by atoms with Gasteiger partial charge < -0.3 is 24.5 Å². The van der Waals surface area contributed by atoms with Gasteiger partial charge in [0.15, 0.2) is 5.96 Å². The van der Waals surface area contributed by atoms with E-state index in [1.807, 2.05) is 21.6 Å². The maximum atomic E-state index is 12.1. The molecule has 0 radical (unpaired) electrons. The van der Waals surface area contributed by atoms with E-state index >= 15 is 0 Å². The average Bonchev–Trinajstić information content (AvgIpc) is 3.39. The molecule has 1 aliphatic heterocycles. The standard InChI is InChI=1S/C21H33N7O2/c1-2-19-26-25-17-28(19)14-11-23-21(24-16-18-8-6-15-30-18)22-10-7-13-27-12-5-3-4-9-20(27)29/h6,8,15,17H,2-5,7,9-14,16H2,1H3,(H2,22,23,24). The number of hydrogen-bond donors (Lipinski definition) is 2. The van der Waals surface area contributed by atoms with Gasteiger partial charge in [0.05, 0.1) is 6.26 Å². The zero-order valence-electron chi connectivity index (χ0n) is 17.8. The summed E-state index contributed by atoms with van der Waals surface area (Å²) in [4.78, 5) is 18.8. The molecule has 3 heterocycles. The number of nitrogens with zero attached hydrogens (tertiary/aromatic N) is 5. The van der Waals surface area contributed by atoms with Crippen molar-refractivity contribution in [2.45, 2.75) is 58.5 Å². The molecular formula is C21H33N7O2. The van der Waals surface area contributed by atoms with E-state index in [1.165, 1.54) is 0 Å². The predicted octanol–water partition coefficient (Wildman–Crippen LogP) is 1.96. The molecule has 0 bridgehead atoms.